The molecule has 1 aromatic heterocycles. The van der Waals surface area contributed by atoms with Gasteiger partial charge in [-0.3, -0.25) is 4.79 Å². The molecule has 1 heterocycles. The van der Waals surface area contributed by atoms with Crippen molar-refractivity contribution in [1.82, 2.24) is 0 Å². The Hall–Kier alpha value is -2.76. The predicted octanol–water partition coefficient (Wildman–Crippen LogP) is 2.24. The quantitative estimate of drug-likeness (QED) is 0.345. The molecule has 0 atom stereocenters. The molecular weight excluding hydrogens is 258 g/mol. The van der Waals surface area contributed by atoms with Crippen LogP contribution in [0.15, 0.2) is 39.9 Å². The number of rotatable bonds is 3. The number of carbonyl (C=O) groups is 1. The number of amidine groups is 1. The highest BCUT2D eigenvalue weighted by Gasteiger charge is 2.15. The first kappa shape index (κ1) is 13.7. The summed E-state index contributed by atoms with van der Waals surface area (Å²) in [5.41, 5.74) is 6.94. The van der Waals surface area contributed by atoms with Crippen molar-refractivity contribution in [2.75, 3.05) is 5.32 Å². The highest BCUT2D eigenvalue weighted by molar-refractivity contribution is 6.10. The Morgan fingerprint density at radius 3 is 2.60 bits per heavy atom. The van der Waals surface area contributed by atoms with Crippen molar-refractivity contribution in [2.24, 2.45) is 10.9 Å². The molecule has 0 aliphatic rings. The molecule has 104 valence electrons. The van der Waals surface area contributed by atoms with Crippen molar-refractivity contribution in [3.63, 3.8) is 0 Å². The van der Waals surface area contributed by atoms with Crippen molar-refractivity contribution < 1.29 is 14.4 Å². The molecule has 1 aromatic carbocycles. The highest BCUT2D eigenvalue weighted by Crippen LogP contribution is 2.19. The van der Waals surface area contributed by atoms with Gasteiger partial charge < -0.3 is 20.7 Å². The summed E-state index contributed by atoms with van der Waals surface area (Å²) in [5, 5.41) is 14.4. The van der Waals surface area contributed by atoms with E-state index in [2.05, 4.69) is 10.5 Å². The van der Waals surface area contributed by atoms with Crippen LogP contribution in [0.1, 0.15) is 27.4 Å². The van der Waals surface area contributed by atoms with Gasteiger partial charge in [0.2, 0.25) is 0 Å². The number of furan rings is 1. The maximum atomic E-state index is 12.2. The van der Waals surface area contributed by atoms with E-state index in [9.17, 15) is 4.79 Å². The number of nitrogens with two attached hydrogens (primary N) is 1. The largest absolute Gasteiger partial charge is 0.466 e. The molecule has 6 nitrogen and oxygen atoms in total. The van der Waals surface area contributed by atoms with Gasteiger partial charge in [0.25, 0.3) is 5.91 Å². The van der Waals surface area contributed by atoms with Crippen molar-refractivity contribution in [2.45, 2.75) is 13.8 Å². The number of oxime groups is 1. The van der Waals surface area contributed by atoms with Crippen molar-refractivity contribution >= 4 is 17.4 Å². The van der Waals surface area contributed by atoms with Gasteiger partial charge in [0.15, 0.2) is 5.84 Å². The van der Waals surface area contributed by atoms with E-state index < -0.39 is 0 Å². The van der Waals surface area contributed by atoms with E-state index in [0.717, 1.165) is 0 Å². The normalized spacial score (nSPS) is 11.4. The number of para-hydroxylation sites is 1. The van der Waals surface area contributed by atoms with Gasteiger partial charge in [0.1, 0.15) is 11.5 Å². The maximum Gasteiger partial charge on any atom is 0.259 e. The Bertz CT molecular complexity index is 674. The molecule has 0 aliphatic carbocycles. The van der Waals surface area contributed by atoms with Crippen LogP contribution in [0.25, 0.3) is 0 Å². The summed E-state index contributed by atoms with van der Waals surface area (Å²) >= 11 is 0. The molecule has 0 fully saturated rings. The van der Waals surface area contributed by atoms with Gasteiger partial charge in [0.05, 0.1) is 11.3 Å². The molecule has 2 aromatic rings. The Balaban J connectivity index is 2.31. The number of anilines is 1. The summed E-state index contributed by atoms with van der Waals surface area (Å²) in [6.45, 7) is 3.49. The van der Waals surface area contributed by atoms with Crippen LogP contribution in [0.4, 0.5) is 5.69 Å². The zero-order chi connectivity index (χ0) is 14.7. The van der Waals surface area contributed by atoms with Crippen LogP contribution in [0.3, 0.4) is 0 Å². The Kier molecular flexibility index (Phi) is 3.74. The molecule has 6 heteroatoms. The van der Waals surface area contributed by atoms with E-state index in [1.807, 2.05) is 0 Å². The lowest BCUT2D eigenvalue weighted by Crippen LogP contribution is -2.19. The molecule has 20 heavy (non-hydrogen) atoms. The lowest BCUT2D eigenvalue weighted by Gasteiger charge is -2.09. The molecule has 0 radical (unpaired) electrons. The molecule has 4 N–H and O–H groups in total. The summed E-state index contributed by atoms with van der Waals surface area (Å²) < 4.78 is 5.32. The zero-order valence-electron chi connectivity index (χ0n) is 11.2. The minimum absolute atomic E-state index is 0.0685. The van der Waals surface area contributed by atoms with Crippen molar-refractivity contribution in [3.8, 4) is 0 Å². The van der Waals surface area contributed by atoms with Gasteiger partial charge in [0, 0.05) is 5.56 Å². The number of benzene rings is 1. The number of carbonyl (C=O) groups excluding carboxylic acids is 1. The molecule has 1 amide bonds. The average molecular weight is 273 g/mol. The standard InChI is InChI=1S/C14H15N3O3/c1-8-7-11(9(2)20-8)14(18)16-12-6-4-3-5-10(12)13(15)17-19/h3-7,19H,1-2H3,(H2,15,17)(H,16,18). The Morgan fingerprint density at radius 1 is 1.30 bits per heavy atom. The second-order valence-electron chi connectivity index (χ2n) is 4.31. The van der Waals surface area contributed by atoms with Crippen LogP contribution in [-0.2, 0) is 0 Å². The van der Waals surface area contributed by atoms with Crippen LogP contribution < -0.4 is 11.1 Å². The molecule has 0 saturated carbocycles. The van der Waals surface area contributed by atoms with Crippen LogP contribution in [0.5, 0.6) is 0 Å². The molecular formula is C14H15N3O3. The third-order valence-electron chi connectivity index (χ3n) is 2.84. The topological polar surface area (TPSA) is 101 Å². The fraction of sp³-hybridized carbons (Fsp3) is 0.143. The molecule has 0 spiro atoms. The minimum atomic E-state index is -0.308. The summed E-state index contributed by atoms with van der Waals surface area (Å²) in [6.07, 6.45) is 0. The maximum absolute atomic E-state index is 12.2. The Morgan fingerprint density at radius 2 is 2.00 bits per heavy atom. The number of aryl methyl sites for hydroxylation is 2. The van der Waals surface area contributed by atoms with Crippen LogP contribution in [0.2, 0.25) is 0 Å². The van der Waals surface area contributed by atoms with Crippen molar-refractivity contribution in [1.29, 1.82) is 0 Å². The van der Waals surface area contributed by atoms with Gasteiger partial charge in [-0.15, -0.1) is 0 Å². The molecule has 0 aliphatic heterocycles. The number of nitrogens with one attached hydrogen (secondary N) is 1. The molecule has 2 rings (SSSR count). The summed E-state index contributed by atoms with van der Waals surface area (Å²) in [4.78, 5) is 12.2. The first-order chi connectivity index (χ1) is 9.52. The fourth-order valence-corrected chi connectivity index (χ4v) is 1.92. The minimum Gasteiger partial charge on any atom is -0.466 e. The van der Waals surface area contributed by atoms with Gasteiger partial charge in [-0.25, -0.2) is 0 Å². The highest BCUT2D eigenvalue weighted by atomic mass is 16.4. The predicted molar refractivity (Wildman–Crippen MR) is 75.1 cm³/mol. The average Bonchev–Trinajstić information content (AvgIpc) is 2.77. The second kappa shape index (κ2) is 5.48. The van der Waals surface area contributed by atoms with Crippen molar-refractivity contribution in [3.05, 3.63) is 53.0 Å². The Labute approximate surface area is 115 Å². The van der Waals surface area contributed by atoms with Gasteiger partial charge in [-0.1, -0.05) is 17.3 Å². The summed E-state index contributed by atoms with van der Waals surface area (Å²) in [7, 11) is 0. The van der Waals surface area contributed by atoms with E-state index in [1.165, 1.54) is 0 Å². The number of hydrogen-bond acceptors (Lipinski definition) is 4. The number of nitrogens with zero attached hydrogens (tertiary/aromatic N) is 1. The smallest absolute Gasteiger partial charge is 0.259 e. The molecule has 0 unspecified atom stereocenters. The molecule has 0 bridgehead atoms. The van der Waals surface area contributed by atoms with Crippen LogP contribution >= 0.6 is 0 Å². The van der Waals surface area contributed by atoms with Crippen LogP contribution in [-0.4, -0.2) is 17.0 Å². The van der Waals surface area contributed by atoms with Crippen LogP contribution in [0, 0.1) is 13.8 Å². The number of hydrogen-bond donors (Lipinski definition) is 3. The molecule has 0 saturated heterocycles. The van der Waals surface area contributed by atoms with E-state index in [1.54, 1.807) is 44.2 Å². The van der Waals surface area contributed by atoms with Gasteiger partial charge >= 0.3 is 0 Å². The lowest BCUT2D eigenvalue weighted by atomic mass is 10.1. The SMILES string of the molecule is Cc1cc(C(=O)Nc2ccccc2/C(N)=N/O)c(C)o1. The van der Waals surface area contributed by atoms with E-state index in [0.29, 0.717) is 28.3 Å². The lowest BCUT2D eigenvalue weighted by molar-refractivity contribution is 0.102. The van der Waals surface area contributed by atoms with Gasteiger partial charge in [-0.05, 0) is 32.0 Å². The second-order valence-corrected chi connectivity index (χ2v) is 4.31. The zero-order valence-corrected chi connectivity index (χ0v) is 11.2. The third kappa shape index (κ3) is 2.64. The summed E-state index contributed by atoms with van der Waals surface area (Å²) in [6, 6.07) is 8.47. The van der Waals surface area contributed by atoms with E-state index in [4.69, 9.17) is 15.4 Å². The van der Waals surface area contributed by atoms with E-state index >= 15 is 0 Å². The monoisotopic (exact) mass is 273 g/mol. The fourth-order valence-electron chi connectivity index (χ4n) is 1.92. The third-order valence-corrected chi connectivity index (χ3v) is 2.84. The summed E-state index contributed by atoms with van der Waals surface area (Å²) in [5.74, 6) is 0.831. The van der Waals surface area contributed by atoms with E-state index in [-0.39, 0.29) is 11.7 Å². The van der Waals surface area contributed by atoms with Gasteiger partial charge in [-0.2, -0.15) is 0 Å². The first-order valence-corrected chi connectivity index (χ1v) is 5.98. The number of amides is 1. The first-order valence-electron chi connectivity index (χ1n) is 5.98.